The smallest absolute Gasteiger partial charge is 0.259 e. The molecule has 1 aromatic heterocycles. The fourth-order valence-electron chi connectivity index (χ4n) is 2.90. The second-order valence-electron chi connectivity index (χ2n) is 5.46. The Kier molecular flexibility index (Phi) is 3.56. The van der Waals surface area contributed by atoms with Gasteiger partial charge in [-0.25, -0.2) is 0 Å². The number of carbonyl (C=O) groups excluding carboxylic acids is 1. The molecule has 112 valence electrons. The number of amides is 1. The van der Waals surface area contributed by atoms with E-state index >= 15 is 0 Å². The van der Waals surface area contributed by atoms with Crippen molar-refractivity contribution >= 4 is 34.6 Å². The lowest BCUT2D eigenvalue weighted by molar-refractivity contribution is -0.113. The molecule has 0 saturated heterocycles. The molecule has 0 spiro atoms. The summed E-state index contributed by atoms with van der Waals surface area (Å²) >= 11 is 1.64. The lowest BCUT2D eigenvalue weighted by Crippen LogP contribution is -2.35. The van der Waals surface area contributed by atoms with Crippen molar-refractivity contribution in [3.8, 4) is 0 Å². The van der Waals surface area contributed by atoms with Gasteiger partial charge in [-0.3, -0.25) is 4.79 Å². The van der Waals surface area contributed by atoms with Gasteiger partial charge in [-0.1, -0.05) is 48.5 Å². The summed E-state index contributed by atoms with van der Waals surface area (Å²) in [5.41, 5.74) is 3.92. The average Bonchev–Trinajstić information content (AvgIpc) is 3.11. The van der Waals surface area contributed by atoms with Crippen LogP contribution >= 0.6 is 11.3 Å². The maximum absolute atomic E-state index is 13.1. The molecule has 3 heteroatoms. The maximum atomic E-state index is 13.1. The average molecular weight is 317 g/mol. The van der Waals surface area contributed by atoms with E-state index in [2.05, 4.69) is 6.07 Å². The monoisotopic (exact) mass is 317 g/mol. The van der Waals surface area contributed by atoms with Gasteiger partial charge in [0.15, 0.2) is 0 Å². The molecule has 0 saturated carbocycles. The van der Waals surface area contributed by atoms with E-state index in [1.807, 2.05) is 77.0 Å². The first-order chi connectivity index (χ1) is 11.3. The zero-order valence-corrected chi connectivity index (χ0v) is 13.3. The van der Waals surface area contributed by atoms with Crippen LogP contribution in [-0.4, -0.2) is 5.91 Å². The van der Waals surface area contributed by atoms with Gasteiger partial charge in [0, 0.05) is 16.1 Å². The maximum Gasteiger partial charge on any atom is 0.259 e. The summed E-state index contributed by atoms with van der Waals surface area (Å²) in [6.45, 7) is 0.612. The molecule has 0 radical (unpaired) electrons. The molecule has 0 aliphatic carbocycles. The van der Waals surface area contributed by atoms with Gasteiger partial charge in [0.05, 0.1) is 6.54 Å². The zero-order chi connectivity index (χ0) is 15.6. The van der Waals surface area contributed by atoms with Crippen LogP contribution in [0.4, 0.5) is 5.69 Å². The molecule has 0 fully saturated rings. The van der Waals surface area contributed by atoms with Crippen LogP contribution in [0.3, 0.4) is 0 Å². The van der Waals surface area contributed by atoms with Crippen LogP contribution < -0.4 is 4.90 Å². The minimum atomic E-state index is 0.0586. The largest absolute Gasteiger partial charge is 0.304 e. The molecular formula is C20H15NOS. The highest BCUT2D eigenvalue weighted by Crippen LogP contribution is 2.33. The lowest BCUT2D eigenvalue weighted by Gasteiger charge is -2.30. The van der Waals surface area contributed by atoms with Crippen LogP contribution in [0.5, 0.6) is 0 Å². The van der Waals surface area contributed by atoms with E-state index in [1.54, 1.807) is 11.3 Å². The van der Waals surface area contributed by atoms with Crippen LogP contribution in [0.1, 0.15) is 16.0 Å². The quantitative estimate of drug-likeness (QED) is 0.620. The molecule has 0 N–H and O–H groups in total. The van der Waals surface area contributed by atoms with Gasteiger partial charge in [-0.2, -0.15) is 0 Å². The van der Waals surface area contributed by atoms with E-state index < -0.39 is 0 Å². The fourth-order valence-corrected chi connectivity index (χ4v) is 3.55. The number of fused-ring (bicyclic) bond motifs is 1. The Bertz CT molecular complexity index is 866. The summed E-state index contributed by atoms with van der Waals surface area (Å²) in [5, 5.41) is 2.03. The highest BCUT2D eigenvalue weighted by Gasteiger charge is 2.28. The molecule has 0 bridgehead atoms. The van der Waals surface area contributed by atoms with Crippen molar-refractivity contribution in [3.63, 3.8) is 0 Å². The Balaban J connectivity index is 1.85. The number of hydrogen-bond donors (Lipinski definition) is 0. The van der Waals surface area contributed by atoms with Gasteiger partial charge in [-0.05, 0) is 40.8 Å². The second-order valence-corrected chi connectivity index (χ2v) is 6.44. The number of rotatable bonds is 2. The molecule has 2 aromatic carbocycles. The van der Waals surface area contributed by atoms with Crippen molar-refractivity contribution in [1.29, 1.82) is 0 Å². The molecule has 1 aliphatic heterocycles. The molecule has 0 atom stereocenters. The molecule has 2 nitrogen and oxygen atoms in total. The van der Waals surface area contributed by atoms with Gasteiger partial charge in [0.1, 0.15) is 0 Å². The van der Waals surface area contributed by atoms with Crippen LogP contribution in [0.15, 0.2) is 72.1 Å². The summed E-state index contributed by atoms with van der Waals surface area (Å²) in [7, 11) is 0. The van der Waals surface area contributed by atoms with Crippen molar-refractivity contribution in [2.24, 2.45) is 0 Å². The normalized spacial score (nSPS) is 15.7. The SMILES string of the molecule is O=C1/C(=C\c2cccs2)c2ccccc2CN1c1ccccc1. The van der Waals surface area contributed by atoms with Crippen LogP contribution in [0.25, 0.3) is 11.6 Å². The first-order valence-electron chi connectivity index (χ1n) is 7.53. The van der Waals surface area contributed by atoms with Gasteiger partial charge in [0.2, 0.25) is 0 Å². The van der Waals surface area contributed by atoms with Crippen LogP contribution in [0.2, 0.25) is 0 Å². The van der Waals surface area contributed by atoms with Crippen molar-refractivity contribution in [2.75, 3.05) is 4.90 Å². The Labute approximate surface area is 139 Å². The summed E-state index contributed by atoms with van der Waals surface area (Å²) in [4.78, 5) is 16.0. The van der Waals surface area contributed by atoms with Crippen molar-refractivity contribution in [2.45, 2.75) is 6.54 Å². The third kappa shape index (κ3) is 2.60. The van der Waals surface area contributed by atoms with Crippen molar-refractivity contribution in [1.82, 2.24) is 0 Å². The molecule has 1 amide bonds. The minimum absolute atomic E-state index is 0.0586. The molecule has 1 aliphatic rings. The number of thiophene rings is 1. The highest BCUT2D eigenvalue weighted by atomic mass is 32.1. The van der Waals surface area contributed by atoms with Crippen molar-refractivity contribution < 1.29 is 4.79 Å². The lowest BCUT2D eigenvalue weighted by atomic mass is 9.93. The predicted octanol–water partition coefficient (Wildman–Crippen LogP) is 4.84. The summed E-state index contributed by atoms with van der Waals surface area (Å²) in [6.07, 6.45) is 2.00. The van der Waals surface area contributed by atoms with E-state index in [4.69, 9.17) is 0 Å². The standard InChI is InChI=1S/C20H15NOS/c22-20-19(13-17-10-6-12-23-17)18-11-5-4-7-15(18)14-21(20)16-8-2-1-3-9-16/h1-13H,14H2/b19-13-. The van der Waals surface area contributed by atoms with Gasteiger partial charge < -0.3 is 4.90 Å². The zero-order valence-electron chi connectivity index (χ0n) is 12.5. The summed E-state index contributed by atoms with van der Waals surface area (Å²) in [5.74, 6) is 0.0586. The molecule has 0 unspecified atom stereocenters. The van der Waals surface area contributed by atoms with E-state index in [-0.39, 0.29) is 5.91 Å². The molecular weight excluding hydrogens is 302 g/mol. The predicted molar refractivity (Wildman–Crippen MR) is 96.3 cm³/mol. The number of benzene rings is 2. The summed E-state index contributed by atoms with van der Waals surface area (Å²) < 4.78 is 0. The second kappa shape index (κ2) is 5.86. The Hall–Kier alpha value is -2.65. The first-order valence-corrected chi connectivity index (χ1v) is 8.41. The van der Waals surface area contributed by atoms with Gasteiger partial charge in [-0.15, -0.1) is 11.3 Å². The topological polar surface area (TPSA) is 20.3 Å². The third-order valence-corrected chi connectivity index (χ3v) is 4.83. The number of carbonyl (C=O) groups is 1. The Morgan fingerprint density at radius 2 is 1.70 bits per heavy atom. The molecule has 23 heavy (non-hydrogen) atoms. The van der Waals surface area contributed by atoms with Crippen LogP contribution in [-0.2, 0) is 11.3 Å². The van der Waals surface area contributed by atoms with Gasteiger partial charge >= 0.3 is 0 Å². The number of para-hydroxylation sites is 1. The fraction of sp³-hybridized carbons (Fsp3) is 0.0500. The molecule has 3 aromatic rings. The van der Waals surface area contributed by atoms with Gasteiger partial charge in [0.25, 0.3) is 5.91 Å². The van der Waals surface area contributed by atoms with E-state index in [0.29, 0.717) is 6.54 Å². The third-order valence-electron chi connectivity index (χ3n) is 4.01. The number of anilines is 1. The Morgan fingerprint density at radius 3 is 2.48 bits per heavy atom. The first kappa shape index (κ1) is 14.0. The highest BCUT2D eigenvalue weighted by molar-refractivity contribution is 7.11. The summed E-state index contributed by atoms with van der Waals surface area (Å²) in [6, 6.07) is 22.1. The van der Waals surface area contributed by atoms with E-state index in [9.17, 15) is 4.79 Å². The minimum Gasteiger partial charge on any atom is -0.304 e. The van der Waals surface area contributed by atoms with Crippen LogP contribution in [0, 0.1) is 0 Å². The molecule has 2 heterocycles. The van der Waals surface area contributed by atoms with E-state index in [1.165, 1.54) is 5.56 Å². The van der Waals surface area contributed by atoms with Crippen molar-refractivity contribution in [3.05, 3.63) is 88.1 Å². The number of hydrogen-bond acceptors (Lipinski definition) is 2. The van der Waals surface area contributed by atoms with E-state index in [0.717, 1.165) is 21.7 Å². The Morgan fingerprint density at radius 1 is 0.913 bits per heavy atom. The number of nitrogens with zero attached hydrogens (tertiary/aromatic N) is 1. The molecule has 4 rings (SSSR count).